The van der Waals surface area contributed by atoms with Gasteiger partial charge < -0.3 is 18.9 Å². The van der Waals surface area contributed by atoms with Crippen LogP contribution < -0.4 is 9.47 Å². The fourth-order valence-electron chi connectivity index (χ4n) is 6.63. The average molecular weight is 576 g/mol. The smallest absolute Gasteiger partial charge is 0.322 e. The third kappa shape index (κ3) is 4.47. The Labute approximate surface area is 243 Å². The first-order chi connectivity index (χ1) is 20.3. The zero-order valence-electron chi connectivity index (χ0n) is 24.1. The van der Waals surface area contributed by atoms with E-state index in [1.165, 1.54) is 28.4 Å². The van der Waals surface area contributed by atoms with E-state index >= 15 is 4.79 Å². The maximum Gasteiger partial charge on any atom is 0.322 e. The molecule has 42 heavy (non-hydrogen) atoms. The molecule has 0 aliphatic carbocycles. The molecule has 2 fully saturated rings. The van der Waals surface area contributed by atoms with Crippen LogP contribution in [0.4, 0.5) is 0 Å². The van der Waals surface area contributed by atoms with Crippen LogP contribution in [0.5, 0.6) is 11.5 Å². The number of likely N-dealkylation sites (tertiary alicyclic amines) is 2. The van der Waals surface area contributed by atoms with Crippen molar-refractivity contribution in [3.05, 3.63) is 78.1 Å². The van der Waals surface area contributed by atoms with Gasteiger partial charge in [-0.05, 0) is 31.3 Å². The summed E-state index contributed by atoms with van der Waals surface area (Å²) in [4.78, 5) is 60.5. The molecule has 3 aromatic rings. The van der Waals surface area contributed by atoms with Crippen LogP contribution in [0.25, 0.3) is 0 Å². The van der Waals surface area contributed by atoms with Crippen molar-refractivity contribution in [2.45, 2.75) is 18.6 Å². The van der Waals surface area contributed by atoms with Crippen molar-refractivity contribution in [2.24, 2.45) is 10.8 Å². The lowest BCUT2D eigenvalue weighted by Gasteiger charge is -2.60. The first-order valence-corrected chi connectivity index (χ1v) is 13.3. The first kappa shape index (κ1) is 29.1. The minimum atomic E-state index is -1.88. The van der Waals surface area contributed by atoms with E-state index in [2.05, 4.69) is 15.0 Å². The summed E-state index contributed by atoms with van der Waals surface area (Å²) in [5, 5.41) is 0. The molecule has 5 heterocycles. The van der Waals surface area contributed by atoms with Gasteiger partial charge in [0.2, 0.25) is 0 Å². The summed E-state index contributed by atoms with van der Waals surface area (Å²) in [7, 11) is 7.24. The largest absolute Gasteiger partial charge is 0.497 e. The van der Waals surface area contributed by atoms with Gasteiger partial charge in [-0.3, -0.25) is 39.1 Å². The van der Waals surface area contributed by atoms with Crippen LogP contribution in [0.2, 0.25) is 0 Å². The van der Waals surface area contributed by atoms with Gasteiger partial charge in [-0.15, -0.1) is 0 Å². The predicted octanol–water partition coefficient (Wildman–Crippen LogP) is 2.02. The molecule has 2 bridgehead atoms. The van der Waals surface area contributed by atoms with Crippen molar-refractivity contribution in [1.82, 2.24) is 24.8 Å². The molecule has 2 saturated heterocycles. The molecule has 2 aliphatic heterocycles. The van der Waals surface area contributed by atoms with E-state index in [-0.39, 0.29) is 19.6 Å². The lowest BCUT2D eigenvalue weighted by Crippen LogP contribution is -2.75. The molecule has 2 aliphatic rings. The molecule has 12 heteroatoms. The number of piperidine rings is 2. The number of Topliss-reactive ketones (excluding diaryl/α,β-unsaturated/α-hetero) is 1. The zero-order valence-corrected chi connectivity index (χ0v) is 24.1. The predicted molar refractivity (Wildman–Crippen MR) is 148 cm³/mol. The lowest BCUT2D eigenvalue weighted by atomic mass is 9.54. The standard InChI is InChI=1S/C30H33N5O7/c1-34-24(22-14-20(39-2)9-12-32-22)29(27(37)41-4)17-35(16-19-8-6-7-11-31-19)18-30(26(29)36,28(38)42-5)25(34)23-15-21(40-3)10-13-33-23/h6-15,24-25H,16-18H2,1-5H3/t24-,25+,29-,30+. The lowest BCUT2D eigenvalue weighted by molar-refractivity contribution is -0.204. The number of hydrogen-bond acceptors (Lipinski definition) is 12. The van der Waals surface area contributed by atoms with Crippen LogP contribution in [-0.2, 0) is 30.4 Å². The Morgan fingerprint density at radius 1 is 0.810 bits per heavy atom. The van der Waals surface area contributed by atoms with Gasteiger partial charge in [0.25, 0.3) is 0 Å². The number of pyridine rings is 3. The van der Waals surface area contributed by atoms with Crippen LogP contribution in [0.3, 0.4) is 0 Å². The van der Waals surface area contributed by atoms with Gasteiger partial charge in [0.1, 0.15) is 11.5 Å². The number of hydrogen-bond donors (Lipinski definition) is 0. The molecule has 0 N–H and O–H groups in total. The molecule has 0 unspecified atom stereocenters. The van der Waals surface area contributed by atoms with Crippen LogP contribution in [0, 0.1) is 10.8 Å². The zero-order chi connectivity index (χ0) is 30.1. The molecule has 0 radical (unpaired) electrons. The van der Waals surface area contributed by atoms with Gasteiger partial charge in [0, 0.05) is 50.4 Å². The molecule has 0 saturated carbocycles. The van der Waals surface area contributed by atoms with Crippen LogP contribution >= 0.6 is 0 Å². The molecule has 3 aromatic heterocycles. The van der Waals surface area contributed by atoms with Crippen molar-refractivity contribution in [3.63, 3.8) is 0 Å². The topological polar surface area (TPSA) is 133 Å². The summed E-state index contributed by atoms with van der Waals surface area (Å²) in [6.07, 6.45) is 4.76. The third-order valence-electron chi connectivity index (χ3n) is 8.25. The van der Waals surface area contributed by atoms with Gasteiger partial charge in [-0.25, -0.2) is 0 Å². The highest BCUT2D eigenvalue weighted by Crippen LogP contribution is 2.60. The van der Waals surface area contributed by atoms with E-state index in [4.69, 9.17) is 18.9 Å². The van der Waals surface area contributed by atoms with Gasteiger partial charge in [-0.2, -0.15) is 0 Å². The Morgan fingerprint density at radius 2 is 1.33 bits per heavy atom. The van der Waals surface area contributed by atoms with Crippen molar-refractivity contribution in [1.29, 1.82) is 0 Å². The Balaban J connectivity index is 1.82. The van der Waals surface area contributed by atoms with Crippen LogP contribution in [0.15, 0.2) is 61.1 Å². The SMILES string of the molecule is COC(=O)[C@]12CN(Cc3ccccn3)C[C@](C(=O)OC)(C1=O)[C@@H](c1cc(OC)ccn1)N(C)[C@H]2c1cc(OC)ccn1. The van der Waals surface area contributed by atoms with Crippen LogP contribution in [0.1, 0.15) is 29.2 Å². The second-order valence-corrected chi connectivity index (χ2v) is 10.4. The Hall–Kier alpha value is -4.42. The van der Waals surface area contributed by atoms with E-state index in [0.29, 0.717) is 28.6 Å². The minimum Gasteiger partial charge on any atom is -0.497 e. The Bertz CT molecular complexity index is 1400. The highest BCUT2D eigenvalue weighted by molar-refractivity contribution is 6.17. The monoisotopic (exact) mass is 575 g/mol. The van der Waals surface area contributed by atoms with E-state index < -0.39 is 40.6 Å². The maximum absolute atomic E-state index is 15.1. The Kier molecular flexibility index (Phi) is 7.93. The average Bonchev–Trinajstić information content (AvgIpc) is 3.02. The summed E-state index contributed by atoms with van der Waals surface area (Å²) >= 11 is 0. The van der Waals surface area contributed by atoms with E-state index in [0.717, 1.165) is 0 Å². The van der Waals surface area contributed by atoms with Crippen molar-refractivity contribution in [3.8, 4) is 11.5 Å². The summed E-state index contributed by atoms with van der Waals surface area (Å²) < 4.78 is 21.6. The molecule has 4 atom stereocenters. The molecule has 12 nitrogen and oxygen atoms in total. The number of rotatable bonds is 8. The molecule has 0 spiro atoms. The van der Waals surface area contributed by atoms with Gasteiger partial charge in [0.15, 0.2) is 16.6 Å². The number of carbonyl (C=O) groups excluding carboxylic acids is 3. The summed E-state index contributed by atoms with van der Waals surface area (Å²) in [5.41, 5.74) is -2.27. The second kappa shape index (κ2) is 11.5. The molecule has 0 amide bonds. The molecule has 220 valence electrons. The van der Waals surface area contributed by atoms with E-state index in [1.807, 2.05) is 17.0 Å². The summed E-state index contributed by atoms with van der Waals surface area (Å²) in [6, 6.07) is 10.2. The van der Waals surface area contributed by atoms with Crippen LogP contribution in [-0.4, -0.2) is 91.0 Å². The maximum atomic E-state index is 15.1. The van der Waals surface area contributed by atoms with Crippen molar-refractivity contribution in [2.75, 3.05) is 48.6 Å². The molecule has 5 rings (SSSR count). The molecular weight excluding hydrogens is 542 g/mol. The summed E-state index contributed by atoms with van der Waals surface area (Å²) in [6.45, 7) is 0.145. The molecular formula is C30H33N5O7. The molecule has 0 aromatic carbocycles. The fourth-order valence-corrected chi connectivity index (χ4v) is 6.63. The van der Waals surface area contributed by atoms with Gasteiger partial charge in [0.05, 0.1) is 57.6 Å². The number of aromatic nitrogens is 3. The second-order valence-electron chi connectivity index (χ2n) is 10.4. The minimum absolute atomic E-state index is 0.0556. The highest BCUT2D eigenvalue weighted by atomic mass is 16.5. The number of ether oxygens (including phenoxy) is 4. The van der Waals surface area contributed by atoms with Crippen molar-refractivity contribution >= 4 is 17.7 Å². The number of esters is 2. The van der Waals surface area contributed by atoms with E-state index in [1.54, 1.807) is 60.9 Å². The number of ketones is 1. The fraction of sp³-hybridized carbons (Fsp3) is 0.400. The number of fused-ring (bicyclic) bond motifs is 2. The normalized spacial score (nSPS) is 25.9. The quantitative estimate of drug-likeness (QED) is 0.287. The highest BCUT2D eigenvalue weighted by Gasteiger charge is 2.75. The first-order valence-electron chi connectivity index (χ1n) is 13.3. The summed E-state index contributed by atoms with van der Waals surface area (Å²) in [5.74, 6) is -1.21. The van der Waals surface area contributed by atoms with Gasteiger partial charge >= 0.3 is 11.9 Å². The van der Waals surface area contributed by atoms with E-state index in [9.17, 15) is 9.59 Å². The van der Waals surface area contributed by atoms with Gasteiger partial charge in [-0.1, -0.05) is 6.07 Å². The Morgan fingerprint density at radius 3 is 1.76 bits per heavy atom. The number of methoxy groups -OCH3 is 4. The number of carbonyl (C=O) groups is 3. The third-order valence-corrected chi connectivity index (χ3v) is 8.25. The number of nitrogens with zero attached hydrogens (tertiary/aromatic N) is 5. The van der Waals surface area contributed by atoms with Crippen molar-refractivity contribution < 1.29 is 33.3 Å².